The first-order valence-corrected chi connectivity index (χ1v) is 8.42. The molecule has 2 N–H and O–H groups in total. The van der Waals surface area contributed by atoms with E-state index in [1.807, 2.05) is 24.3 Å². The number of rotatable bonds is 9. The predicted octanol–water partition coefficient (Wildman–Crippen LogP) is 3.12. The van der Waals surface area contributed by atoms with Crippen molar-refractivity contribution in [3.63, 3.8) is 0 Å². The van der Waals surface area contributed by atoms with Gasteiger partial charge in [0.2, 0.25) is 5.95 Å². The Labute approximate surface area is 156 Å². The van der Waals surface area contributed by atoms with Gasteiger partial charge >= 0.3 is 0 Å². The van der Waals surface area contributed by atoms with Gasteiger partial charge in [0.15, 0.2) is 5.82 Å². The van der Waals surface area contributed by atoms with Gasteiger partial charge in [-0.25, -0.2) is 4.39 Å². The standard InChI is InChI=1S/C19H20FN5O2/c1-26-16-6-8-17(9-7-16)27-11-10-21-19-24-18(13-23-25-19)22-12-14-2-4-15(20)5-3-14/h2-9,13H,10-12H2,1H3,(H2,21,22,24,25). The highest BCUT2D eigenvalue weighted by Crippen LogP contribution is 2.16. The molecule has 0 aliphatic rings. The Balaban J connectivity index is 1.43. The van der Waals surface area contributed by atoms with Gasteiger partial charge in [0.05, 0.1) is 19.9 Å². The van der Waals surface area contributed by atoms with Crippen molar-refractivity contribution in [3.05, 3.63) is 66.1 Å². The lowest BCUT2D eigenvalue weighted by molar-refractivity contribution is 0.331. The quantitative estimate of drug-likeness (QED) is 0.561. The fourth-order valence-electron chi connectivity index (χ4n) is 2.26. The van der Waals surface area contributed by atoms with E-state index < -0.39 is 0 Å². The van der Waals surface area contributed by atoms with Gasteiger partial charge in [-0.15, -0.1) is 5.10 Å². The molecule has 0 aliphatic carbocycles. The number of halogens is 1. The minimum Gasteiger partial charge on any atom is -0.497 e. The number of hydrogen-bond donors (Lipinski definition) is 2. The molecular formula is C19H20FN5O2. The molecular weight excluding hydrogens is 349 g/mol. The predicted molar refractivity (Wildman–Crippen MR) is 101 cm³/mol. The van der Waals surface area contributed by atoms with E-state index in [9.17, 15) is 4.39 Å². The van der Waals surface area contributed by atoms with Crippen molar-refractivity contribution in [1.82, 2.24) is 15.2 Å². The molecule has 0 fully saturated rings. The van der Waals surface area contributed by atoms with Gasteiger partial charge in [-0.05, 0) is 42.0 Å². The summed E-state index contributed by atoms with van der Waals surface area (Å²) in [6.45, 7) is 1.48. The van der Waals surface area contributed by atoms with Gasteiger partial charge in [0, 0.05) is 6.54 Å². The van der Waals surface area contributed by atoms with Gasteiger partial charge in [-0.3, -0.25) is 0 Å². The highest BCUT2D eigenvalue weighted by atomic mass is 19.1. The summed E-state index contributed by atoms with van der Waals surface area (Å²) in [5.41, 5.74) is 0.942. The van der Waals surface area contributed by atoms with Gasteiger partial charge in [-0.2, -0.15) is 10.1 Å². The molecule has 8 heteroatoms. The maximum Gasteiger partial charge on any atom is 0.244 e. The maximum atomic E-state index is 12.9. The van der Waals surface area contributed by atoms with Crippen LogP contribution >= 0.6 is 0 Å². The zero-order chi connectivity index (χ0) is 18.9. The Morgan fingerprint density at radius 2 is 1.70 bits per heavy atom. The largest absolute Gasteiger partial charge is 0.497 e. The van der Waals surface area contributed by atoms with Crippen LogP contribution in [0, 0.1) is 5.82 Å². The van der Waals surface area contributed by atoms with Crippen LogP contribution in [-0.4, -0.2) is 35.4 Å². The van der Waals surface area contributed by atoms with Crippen LogP contribution in [0.4, 0.5) is 16.2 Å². The van der Waals surface area contributed by atoms with E-state index in [-0.39, 0.29) is 5.82 Å². The molecule has 1 heterocycles. The second-order valence-corrected chi connectivity index (χ2v) is 5.60. The number of ether oxygens (including phenoxy) is 2. The SMILES string of the molecule is COc1ccc(OCCNc2nncc(NCc3ccc(F)cc3)n2)cc1. The molecule has 0 amide bonds. The lowest BCUT2D eigenvalue weighted by atomic mass is 10.2. The Morgan fingerprint density at radius 1 is 0.963 bits per heavy atom. The number of benzene rings is 2. The second kappa shape index (κ2) is 9.33. The highest BCUT2D eigenvalue weighted by molar-refractivity contribution is 5.38. The first-order chi connectivity index (χ1) is 13.2. The number of nitrogens with zero attached hydrogens (tertiary/aromatic N) is 3. The number of anilines is 2. The second-order valence-electron chi connectivity index (χ2n) is 5.60. The Morgan fingerprint density at radius 3 is 2.44 bits per heavy atom. The summed E-state index contributed by atoms with van der Waals surface area (Å²) >= 11 is 0. The minimum atomic E-state index is -0.259. The summed E-state index contributed by atoms with van der Waals surface area (Å²) in [6.07, 6.45) is 1.53. The summed E-state index contributed by atoms with van der Waals surface area (Å²) in [4.78, 5) is 4.33. The third-order valence-electron chi connectivity index (χ3n) is 3.66. The third-order valence-corrected chi connectivity index (χ3v) is 3.66. The van der Waals surface area contributed by atoms with Crippen LogP contribution in [0.3, 0.4) is 0 Å². The number of aromatic nitrogens is 3. The van der Waals surface area contributed by atoms with Gasteiger partial charge < -0.3 is 20.1 Å². The molecule has 140 valence electrons. The lowest BCUT2D eigenvalue weighted by Crippen LogP contribution is -2.14. The van der Waals surface area contributed by atoms with Crippen LogP contribution in [0.2, 0.25) is 0 Å². The van der Waals surface area contributed by atoms with Crippen molar-refractivity contribution in [2.45, 2.75) is 6.54 Å². The maximum absolute atomic E-state index is 12.9. The fraction of sp³-hybridized carbons (Fsp3) is 0.211. The zero-order valence-electron chi connectivity index (χ0n) is 14.9. The van der Waals surface area contributed by atoms with Crippen molar-refractivity contribution in [2.75, 3.05) is 30.9 Å². The fourth-order valence-corrected chi connectivity index (χ4v) is 2.26. The van der Waals surface area contributed by atoms with Crippen LogP contribution in [-0.2, 0) is 6.54 Å². The first kappa shape index (κ1) is 18.4. The lowest BCUT2D eigenvalue weighted by Gasteiger charge is -2.09. The molecule has 1 aromatic heterocycles. The normalized spacial score (nSPS) is 10.3. The van der Waals surface area contributed by atoms with Crippen molar-refractivity contribution in [3.8, 4) is 11.5 Å². The van der Waals surface area contributed by atoms with Crippen LogP contribution in [0.5, 0.6) is 11.5 Å². The zero-order valence-corrected chi connectivity index (χ0v) is 14.9. The Hall–Kier alpha value is -3.42. The molecule has 0 saturated heterocycles. The third kappa shape index (κ3) is 5.81. The Kier molecular flexibility index (Phi) is 6.35. The molecule has 7 nitrogen and oxygen atoms in total. The van der Waals surface area contributed by atoms with Gasteiger partial charge in [0.1, 0.15) is 23.9 Å². The minimum absolute atomic E-state index is 0.259. The molecule has 3 rings (SSSR count). The van der Waals surface area contributed by atoms with E-state index in [1.165, 1.54) is 18.3 Å². The van der Waals surface area contributed by atoms with E-state index in [0.717, 1.165) is 17.1 Å². The van der Waals surface area contributed by atoms with Crippen LogP contribution in [0.1, 0.15) is 5.56 Å². The summed E-state index contributed by atoms with van der Waals surface area (Å²) in [5.74, 6) is 2.26. The van der Waals surface area contributed by atoms with Crippen LogP contribution in [0.25, 0.3) is 0 Å². The summed E-state index contributed by atoms with van der Waals surface area (Å²) in [5, 5.41) is 14.0. The molecule has 0 aliphatic heterocycles. The summed E-state index contributed by atoms with van der Waals surface area (Å²) < 4.78 is 23.7. The van der Waals surface area contributed by atoms with E-state index in [1.54, 1.807) is 19.2 Å². The van der Waals surface area contributed by atoms with Crippen molar-refractivity contribution in [2.24, 2.45) is 0 Å². The van der Waals surface area contributed by atoms with Crippen molar-refractivity contribution in [1.29, 1.82) is 0 Å². The molecule has 27 heavy (non-hydrogen) atoms. The monoisotopic (exact) mass is 369 g/mol. The van der Waals surface area contributed by atoms with E-state index in [2.05, 4.69) is 25.8 Å². The number of hydrogen-bond acceptors (Lipinski definition) is 7. The average molecular weight is 369 g/mol. The van der Waals surface area contributed by atoms with Gasteiger partial charge in [0.25, 0.3) is 0 Å². The summed E-state index contributed by atoms with van der Waals surface area (Å²) in [6, 6.07) is 13.6. The highest BCUT2D eigenvalue weighted by Gasteiger charge is 2.01. The van der Waals surface area contributed by atoms with E-state index >= 15 is 0 Å². The molecule has 0 radical (unpaired) electrons. The Bertz CT molecular complexity index is 843. The van der Waals surface area contributed by atoms with Crippen LogP contribution < -0.4 is 20.1 Å². The number of nitrogens with one attached hydrogen (secondary N) is 2. The van der Waals surface area contributed by atoms with E-state index in [0.29, 0.717) is 31.5 Å². The number of methoxy groups -OCH3 is 1. The van der Waals surface area contributed by atoms with Crippen molar-refractivity contribution < 1.29 is 13.9 Å². The molecule has 0 spiro atoms. The molecule has 3 aromatic rings. The van der Waals surface area contributed by atoms with E-state index in [4.69, 9.17) is 9.47 Å². The summed E-state index contributed by atoms with van der Waals surface area (Å²) in [7, 11) is 1.62. The molecule has 2 aromatic carbocycles. The topological polar surface area (TPSA) is 81.2 Å². The first-order valence-electron chi connectivity index (χ1n) is 8.42. The van der Waals surface area contributed by atoms with Gasteiger partial charge in [-0.1, -0.05) is 12.1 Å². The van der Waals surface area contributed by atoms with Crippen molar-refractivity contribution >= 4 is 11.8 Å². The molecule has 0 atom stereocenters. The molecule has 0 unspecified atom stereocenters. The smallest absolute Gasteiger partial charge is 0.244 e. The molecule has 0 bridgehead atoms. The molecule has 0 saturated carbocycles. The van der Waals surface area contributed by atoms with Crippen LogP contribution in [0.15, 0.2) is 54.7 Å². The average Bonchev–Trinajstić information content (AvgIpc) is 2.71.